The van der Waals surface area contributed by atoms with E-state index in [1.165, 1.54) is 19.2 Å². The number of piperidine rings is 1. The highest BCUT2D eigenvalue weighted by atomic mass is 19.1. The molecule has 0 aliphatic carbocycles. The molecule has 42 heavy (non-hydrogen) atoms. The number of nitrogens with zero attached hydrogens (tertiary/aromatic N) is 2. The van der Waals surface area contributed by atoms with Crippen LogP contribution in [-0.2, 0) is 22.6 Å². The van der Waals surface area contributed by atoms with Gasteiger partial charge in [0.15, 0.2) is 18.1 Å². The van der Waals surface area contributed by atoms with Crippen LogP contribution in [0, 0.1) is 5.82 Å². The van der Waals surface area contributed by atoms with Gasteiger partial charge in [-0.1, -0.05) is 6.07 Å². The molecule has 4 aromatic rings. The summed E-state index contributed by atoms with van der Waals surface area (Å²) in [6.07, 6.45) is 4.05. The van der Waals surface area contributed by atoms with Crippen LogP contribution in [0.1, 0.15) is 24.0 Å². The van der Waals surface area contributed by atoms with E-state index in [2.05, 4.69) is 20.5 Å². The first-order valence-corrected chi connectivity index (χ1v) is 13.8. The number of methoxy groups -OCH3 is 1. The smallest absolute Gasteiger partial charge is 0.258 e. The number of aromatic nitrogens is 1. The molecular formula is C31H31FN4O6. The van der Waals surface area contributed by atoms with Crippen LogP contribution in [0.3, 0.4) is 0 Å². The second kappa shape index (κ2) is 12.0. The van der Waals surface area contributed by atoms with Crippen molar-refractivity contribution in [3.05, 3.63) is 77.9 Å². The number of ether oxygens (including phenoxy) is 3. The molecule has 10 nitrogen and oxygen atoms in total. The summed E-state index contributed by atoms with van der Waals surface area (Å²) in [7, 11) is 1.53. The molecule has 218 valence electrons. The average molecular weight is 575 g/mol. The van der Waals surface area contributed by atoms with E-state index in [-0.39, 0.29) is 31.4 Å². The van der Waals surface area contributed by atoms with Crippen molar-refractivity contribution >= 4 is 28.6 Å². The molecule has 11 heteroatoms. The molecule has 4 heterocycles. The van der Waals surface area contributed by atoms with Gasteiger partial charge < -0.3 is 34.2 Å². The molecule has 2 N–H and O–H groups in total. The molecule has 1 saturated heterocycles. The summed E-state index contributed by atoms with van der Waals surface area (Å²) in [6, 6.07) is 13.0. The number of hydrogen-bond acceptors (Lipinski definition) is 8. The van der Waals surface area contributed by atoms with Gasteiger partial charge in [-0.15, -0.1) is 0 Å². The highest BCUT2D eigenvalue weighted by molar-refractivity contribution is 5.88. The summed E-state index contributed by atoms with van der Waals surface area (Å²) in [5.41, 5.74) is 2.15. The number of fused-ring (bicyclic) bond motifs is 6. The van der Waals surface area contributed by atoms with Gasteiger partial charge in [-0.2, -0.15) is 0 Å². The topological polar surface area (TPSA) is 115 Å². The van der Waals surface area contributed by atoms with Gasteiger partial charge in [0.2, 0.25) is 5.91 Å². The van der Waals surface area contributed by atoms with E-state index < -0.39 is 18.0 Å². The first-order valence-electron chi connectivity index (χ1n) is 13.8. The van der Waals surface area contributed by atoms with Gasteiger partial charge in [0.05, 0.1) is 24.8 Å². The number of aryl methyl sites for hydroxylation is 1. The number of hydrogen-bond donors (Lipinski definition) is 2. The summed E-state index contributed by atoms with van der Waals surface area (Å²) in [5.74, 6) is 0.964. The minimum Gasteiger partial charge on any atom is -0.493 e. The number of pyridine rings is 1. The zero-order chi connectivity index (χ0) is 29.1. The molecule has 2 atom stereocenters. The predicted molar refractivity (Wildman–Crippen MR) is 152 cm³/mol. The maximum absolute atomic E-state index is 14.6. The maximum Gasteiger partial charge on any atom is 0.258 e. The molecule has 4 bridgehead atoms. The number of furan rings is 1. The fourth-order valence-electron chi connectivity index (χ4n) is 5.43. The van der Waals surface area contributed by atoms with Crippen molar-refractivity contribution in [2.45, 2.75) is 38.0 Å². The number of halogens is 1. The molecule has 1 fully saturated rings. The molecule has 0 unspecified atom stereocenters. The Morgan fingerprint density at radius 2 is 1.95 bits per heavy atom. The van der Waals surface area contributed by atoms with E-state index in [1.54, 1.807) is 36.7 Å². The van der Waals surface area contributed by atoms with Crippen molar-refractivity contribution in [1.29, 1.82) is 0 Å². The van der Waals surface area contributed by atoms with Gasteiger partial charge in [-0.25, -0.2) is 9.37 Å². The fourth-order valence-corrected chi connectivity index (χ4v) is 5.43. The lowest BCUT2D eigenvalue weighted by Crippen LogP contribution is -2.58. The maximum atomic E-state index is 14.6. The largest absolute Gasteiger partial charge is 0.493 e. The average Bonchev–Trinajstić information content (AvgIpc) is 3.47. The molecule has 0 radical (unpaired) electrons. The Hall–Kier alpha value is -4.80. The SMILES string of the molecule is COc1ccc2cc1OCC(=O)N[C@@H]1CN(c3nccc4occc34)CC[C@H]1Oc1cc(F)cc(c1)CNC(=O)CC2. The number of benzene rings is 2. The number of carbonyl (C=O) groups excluding carboxylic acids is 2. The zero-order valence-corrected chi connectivity index (χ0v) is 23.1. The summed E-state index contributed by atoms with van der Waals surface area (Å²) in [5, 5.41) is 6.79. The Bertz CT molecular complexity index is 1610. The lowest BCUT2D eigenvalue weighted by molar-refractivity contribution is -0.124. The quantitative estimate of drug-likeness (QED) is 0.372. The summed E-state index contributed by atoms with van der Waals surface area (Å²) in [4.78, 5) is 32.4. The van der Waals surface area contributed by atoms with Gasteiger partial charge in [-0.3, -0.25) is 9.59 Å². The van der Waals surface area contributed by atoms with Crippen molar-refractivity contribution in [3.63, 3.8) is 0 Å². The molecule has 6 rings (SSSR count). The number of amides is 2. The van der Waals surface area contributed by atoms with Gasteiger partial charge in [0.1, 0.15) is 29.1 Å². The van der Waals surface area contributed by atoms with Crippen molar-refractivity contribution in [3.8, 4) is 17.2 Å². The Morgan fingerprint density at radius 3 is 2.83 bits per heavy atom. The van der Waals surface area contributed by atoms with E-state index in [0.29, 0.717) is 48.7 Å². The molecule has 2 aliphatic heterocycles. The monoisotopic (exact) mass is 574 g/mol. The summed E-state index contributed by atoms with van der Waals surface area (Å²) >= 11 is 0. The molecule has 2 aliphatic rings. The van der Waals surface area contributed by atoms with E-state index >= 15 is 0 Å². The first-order chi connectivity index (χ1) is 20.4. The molecule has 2 aromatic heterocycles. The van der Waals surface area contributed by atoms with Crippen LogP contribution in [0.15, 0.2) is 65.4 Å². The third-order valence-corrected chi connectivity index (χ3v) is 7.49. The van der Waals surface area contributed by atoms with Gasteiger partial charge in [0, 0.05) is 44.7 Å². The molecule has 0 spiro atoms. The third kappa shape index (κ3) is 6.09. The van der Waals surface area contributed by atoms with Crippen LogP contribution < -0.4 is 29.7 Å². The lowest BCUT2D eigenvalue weighted by atomic mass is 10.0. The van der Waals surface area contributed by atoms with E-state index in [9.17, 15) is 14.0 Å². The van der Waals surface area contributed by atoms with E-state index in [1.807, 2.05) is 12.1 Å². The van der Waals surface area contributed by atoms with Crippen LogP contribution in [0.25, 0.3) is 11.0 Å². The third-order valence-electron chi connectivity index (χ3n) is 7.49. The minimum absolute atomic E-state index is 0.156. The predicted octanol–water partition coefficient (Wildman–Crippen LogP) is 3.76. The van der Waals surface area contributed by atoms with Gasteiger partial charge in [0.25, 0.3) is 5.91 Å². The van der Waals surface area contributed by atoms with Crippen LogP contribution >= 0.6 is 0 Å². The second-order valence-corrected chi connectivity index (χ2v) is 10.4. The van der Waals surface area contributed by atoms with Crippen LogP contribution in [-0.4, -0.2) is 55.8 Å². The highest BCUT2D eigenvalue weighted by Gasteiger charge is 2.34. The van der Waals surface area contributed by atoms with Crippen molar-refractivity contribution < 1.29 is 32.6 Å². The molecule has 2 aromatic carbocycles. The lowest BCUT2D eigenvalue weighted by Gasteiger charge is -2.39. The Balaban J connectivity index is 1.30. The Morgan fingerprint density at radius 1 is 1.05 bits per heavy atom. The summed E-state index contributed by atoms with van der Waals surface area (Å²) < 4.78 is 37.7. The summed E-state index contributed by atoms with van der Waals surface area (Å²) in [6.45, 7) is 0.879. The van der Waals surface area contributed by atoms with Crippen molar-refractivity contribution in [1.82, 2.24) is 15.6 Å². The number of carbonyl (C=O) groups is 2. The Kier molecular flexibility index (Phi) is 7.81. The van der Waals surface area contributed by atoms with E-state index in [0.717, 1.165) is 22.4 Å². The van der Waals surface area contributed by atoms with Crippen LogP contribution in [0.4, 0.5) is 10.2 Å². The first kappa shape index (κ1) is 27.4. The van der Waals surface area contributed by atoms with E-state index in [4.69, 9.17) is 18.6 Å². The van der Waals surface area contributed by atoms with Crippen molar-refractivity contribution in [2.75, 3.05) is 31.7 Å². The minimum atomic E-state index is -0.475. The van der Waals surface area contributed by atoms with Crippen molar-refractivity contribution in [2.24, 2.45) is 0 Å². The van der Waals surface area contributed by atoms with Gasteiger partial charge >= 0.3 is 0 Å². The normalized spacial score (nSPS) is 19.8. The second-order valence-electron chi connectivity index (χ2n) is 10.4. The van der Waals surface area contributed by atoms with Crippen LogP contribution in [0.5, 0.6) is 17.2 Å². The fraction of sp³-hybridized carbons (Fsp3) is 0.323. The number of nitrogens with one attached hydrogen (secondary N) is 2. The van der Waals surface area contributed by atoms with Gasteiger partial charge in [-0.05, 0) is 53.9 Å². The molecule has 2 amide bonds. The highest BCUT2D eigenvalue weighted by Crippen LogP contribution is 2.31. The standard InChI is InChI=1S/C31H31FN4O6/c1-39-27-4-2-19-3-5-29(37)34-16-20-12-21(32)15-22(13-20)42-26-7-10-36(31-23-8-11-40-25(23)6-9-33-31)17-24(26)35-30(38)18-41-28(27)14-19/h2,4,6,8-9,11-15,24,26H,3,5,7,10,16-18H2,1H3,(H,34,37)(H,35,38)/t24-,26-/m1/s1. The zero-order valence-electron chi connectivity index (χ0n) is 23.1. The Labute approximate surface area is 241 Å². The molecular weight excluding hydrogens is 543 g/mol. The number of rotatable bonds is 2. The number of anilines is 1. The van der Waals surface area contributed by atoms with Crippen LogP contribution in [0.2, 0.25) is 0 Å². The molecule has 0 saturated carbocycles.